The fraction of sp³-hybridized carbons (Fsp3) is 0.167. The number of rotatable bonds is 3. The van der Waals surface area contributed by atoms with Crippen LogP contribution in [0.4, 0.5) is 0 Å². The highest BCUT2D eigenvalue weighted by Gasteiger charge is 2.06. The fourth-order valence-corrected chi connectivity index (χ4v) is 1.11. The van der Waals surface area contributed by atoms with Crippen LogP contribution in [-0.4, -0.2) is 24.5 Å². The van der Waals surface area contributed by atoms with Crippen molar-refractivity contribution in [2.24, 2.45) is 0 Å². The number of hydrogen-bond donors (Lipinski definition) is 1. The van der Waals surface area contributed by atoms with Crippen LogP contribution in [0, 0.1) is 11.8 Å². The molecule has 0 spiro atoms. The van der Waals surface area contributed by atoms with Gasteiger partial charge in [0, 0.05) is 5.56 Å². The first-order valence-corrected chi connectivity index (χ1v) is 4.52. The predicted molar refractivity (Wildman–Crippen MR) is 57.5 cm³/mol. The Labute approximate surface area is 92.9 Å². The van der Waals surface area contributed by atoms with E-state index in [0.29, 0.717) is 17.6 Å². The number of hydrogen-bond acceptors (Lipinski definition) is 3. The monoisotopic (exact) mass is 218 g/mol. The molecule has 0 saturated heterocycles. The molecule has 0 saturated carbocycles. The van der Waals surface area contributed by atoms with Crippen molar-refractivity contribution in [2.75, 3.05) is 7.11 Å². The quantitative estimate of drug-likeness (QED) is 0.614. The minimum atomic E-state index is -1.04. The molecule has 0 aromatic heterocycles. The van der Waals surface area contributed by atoms with Crippen molar-refractivity contribution >= 4 is 12.3 Å². The van der Waals surface area contributed by atoms with E-state index in [9.17, 15) is 9.59 Å². The smallest absolute Gasteiger partial charge is 0.335 e. The molecular formula is C12H10O4. The summed E-state index contributed by atoms with van der Waals surface area (Å²) in [6, 6.07) is 4.46. The Balaban J connectivity index is 3.10. The SMILES string of the molecule is COc1cc(C#CCC=O)cc(C(=O)O)c1. The number of carboxylic acid groups (broad SMARTS) is 1. The molecule has 4 heteroatoms. The van der Waals surface area contributed by atoms with Crippen LogP contribution in [0.2, 0.25) is 0 Å². The lowest BCUT2D eigenvalue weighted by molar-refractivity contribution is -0.107. The number of carbonyl (C=O) groups excluding carboxylic acids is 1. The predicted octanol–water partition coefficient (Wildman–Crippen LogP) is 1.33. The fourth-order valence-electron chi connectivity index (χ4n) is 1.11. The van der Waals surface area contributed by atoms with Crippen molar-refractivity contribution in [1.29, 1.82) is 0 Å². The second-order valence-corrected chi connectivity index (χ2v) is 2.93. The largest absolute Gasteiger partial charge is 0.497 e. The molecule has 1 aromatic carbocycles. The highest BCUT2D eigenvalue weighted by Crippen LogP contribution is 2.16. The van der Waals surface area contributed by atoms with E-state index >= 15 is 0 Å². The van der Waals surface area contributed by atoms with E-state index in [2.05, 4.69) is 11.8 Å². The summed E-state index contributed by atoms with van der Waals surface area (Å²) < 4.78 is 4.95. The molecular weight excluding hydrogens is 208 g/mol. The first-order chi connectivity index (χ1) is 7.67. The van der Waals surface area contributed by atoms with Gasteiger partial charge in [-0.2, -0.15) is 0 Å². The van der Waals surface area contributed by atoms with Crippen molar-refractivity contribution < 1.29 is 19.4 Å². The maximum atomic E-state index is 10.8. The van der Waals surface area contributed by atoms with Gasteiger partial charge in [0.25, 0.3) is 0 Å². The van der Waals surface area contributed by atoms with E-state index in [1.54, 1.807) is 6.07 Å². The van der Waals surface area contributed by atoms with E-state index in [1.165, 1.54) is 19.2 Å². The Morgan fingerprint density at radius 3 is 2.81 bits per heavy atom. The van der Waals surface area contributed by atoms with Crippen molar-refractivity contribution in [2.45, 2.75) is 6.42 Å². The first kappa shape index (κ1) is 11.8. The molecule has 0 aliphatic heterocycles. The number of benzene rings is 1. The molecule has 0 aliphatic carbocycles. The molecule has 0 atom stereocenters. The van der Waals surface area contributed by atoms with E-state index in [-0.39, 0.29) is 12.0 Å². The van der Waals surface area contributed by atoms with Crippen LogP contribution in [0.15, 0.2) is 18.2 Å². The number of ether oxygens (including phenoxy) is 1. The zero-order valence-electron chi connectivity index (χ0n) is 8.69. The van der Waals surface area contributed by atoms with Crippen molar-refractivity contribution in [1.82, 2.24) is 0 Å². The van der Waals surface area contributed by atoms with Gasteiger partial charge in [-0.1, -0.05) is 11.8 Å². The second kappa shape index (κ2) is 5.56. The second-order valence-electron chi connectivity index (χ2n) is 2.93. The highest BCUT2D eigenvalue weighted by atomic mass is 16.5. The van der Waals surface area contributed by atoms with Gasteiger partial charge in [-0.25, -0.2) is 4.79 Å². The summed E-state index contributed by atoms with van der Waals surface area (Å²) >= 11 is 0. The number of carboxylic acids is 1. The van der Waals surface area contributed by atoms with E-state index in [0.717, 1.165) is 0 Å². The number of methoxy groups -OCH3 is 1. The van der Waals surface area contributed by atoms with Gasteiger partial charge in [0.2, 0.25) is 0 Å². The molecule has 0 radical (unpaired) electrons. The van der Waals surface area contributed by atoms with Gasteiger partial charge < -0.3 is 14.6 Å². The minimum Gasteiger partial charge on any atom is -0.497 e. The summed E-state index contributed by atoms with van der Waals surface area (Å²) in [5.74, 6) is 4.68. The van der Waals surface area contributed by atoms with Crippen LogP contribution in [-0.2, 0) is 4.79 Å². The summed E-state index contributed by atoms with van der Waals surface area (Å²) in [6.45, 7) is 0. The molecule has 0 fully saturated rings. The third-order valence-corrected chi connectivity index (χ3v) is 1.81. The average Bonchev–Trinajstić information content (AvgIpc) is 2.29. The normalized spacial score (nSPS) is 8.81. The summed E-state index contributed by atoms with van der Waals surface area (Å²) in [4.78, 5) is 20.9. The van der Waals surface area contributed by atoms with Crippen molar-refractivity contribution in [3.8, 4) is 17.6 Å². The zero-order valence-corrected chi connectivity index (χ0v) is 8.69. The van der Waals surface area contributed by atoms with Crippen LogP contribution in [0.1, 0.15) is 22.3 Å². The zero-order chi connectivity index (χ0) is 12.0. The Morgan fingerprint density at radius 1 is 1.50 bits per heavy atom. The number of aldehydes is 1. The number of aromatic carboxylic acids is 1. The Hall–Kier alpha value is -2.28. The molecule has 0 amide bonds. The Kier molecular flexibility index (Phi) is 4.10. The topological polar surface area (TPSA) is 63.6 Å². The standard InChI is InChI=1S/C12H10O4/c1-16-11-7-9(4-2-3-5-13)6-10(8-11)12(14)15/h5-8H,3H2,1H3,(H,14,15). The molecule has 82 valence electrons. The third-order valence-electron chi connectivity index (χ3n) is 1.81. The lowest BCUT2D eigenvalue weighted by Gasteiger charge is -2.02. The van der Waals surface area contributed by atoms with Crippen molar-refractivity contribution in [3.05, 3.63) is 29.3 Å². The molecule has 16 heavy (non-hydrogen) atoms. The summed E-state index contributed by atoms with van der Waals surface area (Å²) in [6.07, 6.45) is 0.810. The van der Waals surface area contributed by atoms with Gasteiger partial charge in [0.05, 0.1) is 19.1 Å². The molecule has 0 unspecified atom stereocenters. The minimum absolute atomic E-state index is 0.106. The maximum absolute atomic E-state index is 10.8. The summed E-state index contributed by atoms with van der Waals surface area (Å²) in [5, 5.41) is 8.84. The van der Waals surface area contributed by atoms with Gasteiger partial charge in [-0.15, -0.1) is 0 Å². The summed E-state index contributed by atoms with van der Waals surface area (Å²) in [5.41, 5.74) is 0.619. The van der Waals surface area contributed by atoms with Gasteiger partial charge in [0.1, 0.15) is 12.0 Å². The highest BCUT2D eigenvalue weighted by molar-refractivity contribution is 5.88. The van der Waals surface area contributed by atoms with Gasteiger partial charge in [-0.05, 0) is 18.2 Å². The molecule has 1 aromatic rings. The first-order valence-electron chi connectivity index (χ1n) is 4.52. The Morgan fingerprint density at radius 2 is 2.25 bits per heavy atom. The average molecular weight is 218 g/mol. The van der Waals surface area contributed by atoms with Crippen molar-refractivity contribution in [3.63, 3.8) is 0 Å². The third kappa shape index (κ3) is 3.14. The Bertz CT molecular complexity index is 466. The lowest BCUT2D eigenvalue weighted by atomic mass is 10.1. The van der Waals surface area contributed by atoms with Crippen LogP contribution in [0.25, 0.3) is 0 Å². The van der Waals surface area contributed by atoms with Gasteiger partial charge in [0.15, 0.2) is 0 Å². The van der Waals surface area contributed by atoms with Gasteiger partial charge in [-0.3, -0.25) is 0 Å². The van der Waals surface area contributed by atoms with Crippen LogP contribution >= 0.6 is 0 Å². The molecule has 1 N–H and O–H groups in total. The van der Waals surface area contributed by atoms with Crippen LogP contribution in [0.5, 0.6) is 5.75 Å². The summed E-state index contributed by atoms with van der Waals surface area (Å²) in [7, 11) is 1.45. The van der Waals surface area contributed by atoms with E-state index in [1.807, 2.05) is 0 Å². The molecule has 0 aliphatic rings. The number of carbonyl (C=O) groups is 2. The maximum Gasteiger partial charge on any atom is 0.335 e. The lowest BCUT2D eigenvalue weighted by Crippen LogP contribution is -1.98. The van der Waals surface area contributed by atoms with E-state index < -0.39 is 5.97 Å². The molecule has 0 heterocycles. The van der Waals surface area contributed by atoms with Gasteiger partial charge >= 0.3 is 5.97 Å². The van der Waals surface area contributed by atoms with E-state index in [4.69, 9.17) is 9.84 Å². The van der Waals surface area contributed by atoms with Crippen LogP contribution in [0.3, 0.4) is 0 Å². The molecule has 0 bridgehead atoms. The van der Waals surface area contributed by atoms with Crippen LogP contribution < -0.4 is 4.74 Å². The molecule has 1 rings (SSSR count). The molecule has 4 nitrogen and oxygen atoms in total.